The van der Waals surface area contributed by atoms with Crippen LogP contribution in [0.1, 0.15) is 49.5 Å². The quantitative estimate of drug-likeness (QED) is 0.591. The third kappa shape index (κ3) is 3.61. The SMILES string of the molecule is CCc1[nH]c(C(=O)Nc2ccccc2N2CCc3sccc3C2)c(C)c1C(=O)OC. The molecule has 6 nitrogen and oxygen atoms in total. The number of amides is 1. The molecule has 4 rings (SSSR count). The number of aryl methyl sites for hydroxylation is 1. The number of aromatic nitrogens is 1. The summed E-state index contributed by atoms with van der Waals surface area (Å²) in [5.74, 6) is -0.696. The maximum atomic E-state index is 13.1. The van der Waals surface area contributed by atoms with Gasteiger partial charge in [-0.2, -0.15) is 0 Å². The van der Waals surface area contributed by atoms with Crippen LogP contribution in [0.25, 0.3) is 0 Å². The number of esters is 1. The number of ether oxygens (including phenoxy) is 1. The molecule has 3 heterocycles. The zero-order valence-corrected chi connectivity index (χ0v) is 18.2. The average molecular weight is 424 g/mol. The Morgan fingerprint density at radius 3 is 2.83 bits per heavy atom. The van der Waals surface area contributed by atoms with Gasteiger partial charge in [-0.15, -0.1) is 11.3 Å². The fourth-order valence-corrected chi connectivity index (χ4v) is 4.91. The van der Waals surface area contributed by atoms with Gasteiger partial charge in [-0.05, 0) is 54.5 Å². The molecule has 2 N–H and O–H groups in total. The van der Waals surface area contributed by atoms with E-state index in [-0.39, 0.29) is 5.91 Å². The first-order valence-corrected chi connectivity index (χ1v) is 10.9. The summed E-state index contributed by atoms with van der Waals surface area (Å²) in [7, 11) is 1.35. The van der Waals surface area contributed by atoms with Crippen LogP contribution in [0.4, 0.5) is 11.4 Å². The zero-order valence-electron chi connectivity index (χ0n) is 17.4. The van der Waals surface area contributed by atoms with Gasteiger partial charge < -0.3 is 19.9 Å². The van der Waals surface area contributed by atoms with Crippen molar-refractivity contribution in [1.29, 1.82) is 0 Å². The lowest BCUT2D eigenvalue weighted by atomic mass is 10.1. The van der Waals surface area contributed by atoms with Gasteiger partial charge in [0.25, 0.3) is 5.91 Å². The van der Waals surface area contributed by atoms with Crippen LogP contribution in [-0.4, -0.2) is 30.5 Å². The lowest BCUT2D eigenvalue weighted by molar-refractivity contribution is 0.0599. The number of carbonyl (C=O) groups excluding carboxylic acids is 2. The monoisotopic (exact) mass is 423 g/mol. The number of hydrogen-bond donors (Lipinski definition) is 2. The predicted molar refractivity (Wildman–Crippen MR) is 120 cm³/mol. The normalized spacial score (nSPS) is 13.1. The number of rotatable bonds is 5. The number of aromatic amines is 1. The first-order valence-electron chi connectivity index (χ1n) is 10.0. The van der Waals surface area contributed by atoms with E-state index < -0.39 is 5.97 Å². The van der Waals surface area contributed by atoms with Crippen molar-refractivity contribution >= 4 is 34.6 Å². The van der Waals surface area contributed by atoms with Crippen LogP contribution in [0.15, 0.2) is 35.7 Å². The van der Waals surface area contributed by atoms with Crippen LogP contribution in [0.3, 0.4) is 0 Å². The van der Waals surface area contributed by atoms with Crippen molar-refractivity contribution in [3.8, 4) is 0 Å². The second kappa shape index (κ2) is 8.36. The van der Waals surface area contributed by atoms with Gasteiger partial charge in [-0.1, -0.05) is 19.1 Å². The van der Waals surface area contributed by atoms with Crippen molar-refractivity contribution in [2.24, 2.45) is 0 Å². The molecule has 0 saturated carbocycles. The highest BCUT2D eigenvalue weighted by Crippen LogP contribution is 2.33. The molecule has 0 spiro atoms. The number of thiophene rings is 1. The number of nitrogens with one attached hydrogen (secondary N) is 2. The fraction of sp³-hybridized carbons (Fsp3) is 0.304. The average Bonchev–Trinajstić information content (AvgIpc) is 3.37. The molecule has 0 unspecified atom stereocenters. The number of para-hydroxylation sites is 2. The largest absolute Gasteiger partial charge is 0.465 e. The number of H-pyrrole nitrogens is 1. The second-order valence-corrected chi connectivity index (χ2v) is 8.34. The Balaban J connectivity index is 1.61. The molecular formula is C23H25N3O3S. The van der Waals surface area contributed by atoms with Crippen molar-refractivity contribution in [2.75, 3.05) is 23.9 Å². The minimum absolute atomic E-state index is 0.266. The maximum absolute atomic E-state index is 13.1. The Hall–Kier alpha value is -3.06. The van der Waals surface area contributed by atoms with Gasteiger partial charge in [0.2, 0.25) is 0 Å². The Kier molecular flexibility index (Phi) is 5.63. The molecule has 2 aromatic heterocycles. The number of hydrogen-bond acceptors (Lipinski definition) is 5. The summed E-state index contributed by atoms with van der Waals surface area (Å²) in [5.41, 5.74) is 5.25. The summed E-state index contributed by atoms with van der Waals surface area (Å²) in [6.07, 6.45) is 1.61. The van der Waals surface area contributed by atoms with Gasteiger partial charge in [0.1, 0.15) is 5.69 Å². The lowest BCUT2D eigenvalue weighted by Gasteiger charge is -2.30. The van der Waals surface area contributed by atoms with Crippen LogP contribution >= 0.6 is 11.3 Å². The Morgan fingerprint density at radius 1 is 1.27 bits per heavy atom. The summed E-state index contributed by atoms with van der Waals surface area (Å²) in [6.45, 7) is 5.45. The van der Waals surface area contributed by atoms with E-state index in [1.165, 1.54) is 17.6 Å². The molecule has 0 atom stereocenters. The zero-order chi connectivity index (χ0) is 21.3. The van der Waals surface area contributed by atoms with Crippen molar-refractivity contribution in [2.45, 2.75) is 33.2 Å². The highest BCUT2D eigenvalue weighted by atomic mass is 32.1. The summed E-state index contributed by atoms with van der Waals surface area (Å²) >= 11 is 1.81. The van der Waals surface area contributed by atoms with E-state index >= 15 is 0 Å². The van der Waals surface area contributed by atoms with Gasteiger partial charge >= 0.3 is 5.97 Å². The number of carbonyl (C=O) groups is 2. The molecule has 0 saturated heterocycles. The minimum atomic E-state index is -0.431. The van der Waals surface area contributed by atoms with E-state index in [4.69, 9.17) is 4.74 Å². The summed E-state index contributed by atoms with van der Waals surface area (Å²) in [5, 5.41) is 5.18. The predicted octanol–water partition coefficient (Wildman–Crippen LogP) is 4.55. The van der Waals surface area contributed by atoms with E-state index in [9.17, 15) is 9.59 Å². The van der Waals surface area contributed by atoms with E-state index in [0.717, 1.165) is 30.9 Å². The van der Waals surface area contributed by atoms with Crippen molar-refractivity contribution in [1.82, 2.24) is 4.98 Å². The Labute approximate surface area is 179 Å². The molecule has 0 fully saturated rings. The molecule has 3 aromatic rings. The highest BCUT2D eigenvalue weighted by Gasteiger charge is 2.25. The third-order valence-electron chi connectivity index (χ3n) is 5.60. The first-order chi connectivity index (χ1) is 14.5. The number of fused-ring (bicyclic) bond motifs is 1. The van der Waals surface area contributed by atoms with Crippen molar-refractivity contribution < 1.29 is 14.3 Å². The fourth-order valence-electron chi connectivity index (χ4n) is 4.02. The van der Waals surface area contributed by atoms with Crippen LogP contribution < -0.4 is 10.2 Å². The number of methoxy groups -OCH3 is 1. The van der Waals surface area contributed by atoms with Crippen LogP contribution in [0, 0.1) is 6.92 Å². The van der Waals surface area contributed by atoms with Crippen molar-refractivity contribution in [3.05, 3.63) is 68.7 Å². The number of anilines is 2. The molecule has 0 radical (unpaired) electrons. The Morgan fingerprint density at radius 2 is 2.07 bits per heavy atom. The summed E-state index contributed by atoms with van der Waals surface area (Å²) in [4.78, 5) is 32.1. The molecule has 0 aliphatic carbocycles. The van der Waals surface area contributed by atoms with E-state index in [2.05, 4.69) is 26.6 Å². The lowest BCUT2D eigenvalue weighted by Crippen LogP contribution is -2.30. The van der Waals surface area contributed by atoms with Gasteiger partial charge in [0.05, 0.1) is 24.0 Å². The number of benzene rings is 1. The Bertz CT molecular complexity index is 1100. The van der Waals surface area contributed by atoms with Gasteiger partial charge in [-0.25, -0.2) is 4.79 Å². The van der Waals surface area contributed by atoms with Gasteiger partial charge in [-0.3, -0.25) is 4.79 Å². The summed E-state index contributed by atoms with van der Waals surface area (Å²) < 4.78 is 4.89. The molecule has 1 aromatic carbocycles. The molecule has 0 bridgehead atoms. The second-order valence-electron chi connectivity index (χ2n) is 7.34. The van der Waals surface area contributed by atoms with Crippen LogP contribution in [-0.2, 0) is 24.1 Å². The molecular weight excluding hydrogens is 398 g/mol. The van der Waals surface area contributed by atoms with E-state index in [1.807, 2.05) is 42.5 Å². The maximum Gasteiger partial charge on any atom is 0.339 e. The topological polar surface area (TPSA) is 74.4 Å². The molecule has 1 aliphatic heterocycles. The standard InChI is InChI=1S/C23H25N3O3S/c1-4-16-20(23(28)29-3)14(2)21(24-16)22(27)25-17-7-5-6-8-18(17)26-11-9-19-15(13-26)10-12-30-19/h5-8,10,12,24H,4,9,11,13H2,1-3H3,(H,25,27). The summed E-state index contributed by atoms with van der Waals surface area (Å²) in [6, 6.07) is 10.0. The molecule has 1 aliphatic rings. The highest BCUT2D eigenvalue weighted by molar-refractivity contribution is 7.10. The molecule has 30 heavy (non-hydrogen) atoms. The minimum Gasteiger partial charge on any atom is -0.465 e. The van der Waals surface area contributed by atoms with Gasteiger partial charge in [0, 0.05) is 23.7 Å². The molecule has 7 heteroatoms. The van der Waals surface area contributed by atoms with Crippen molar-refractivity contribution in [3.63, 3.8) is 0 Å². The van der Waals surface area contributed by atoms with E-state index in [0.29, 0.717) is 28.9 Å². The van der Waals surface area contributed by atoms with E-state index in [1.54, 1.807) is 6.92 Å². The van der Waals surface area contributed by atoms with Crippen LogP contribution in [0.2, 0.25) is 0 Å². The van der Waals surface area contributed by atoms with Gasteiger partial charge in [0.15, 0.2) is 0 Å². The molecule has 1 amide bonds. The first kappa shape index (κ1) is 20.2. The third-order valence-corrected chi connectivity index (χ3v) is 6.62. The molecule has 156 valence electrons. The number of nitrogens with zero attached hydrogens (tertiary/aromatic N) is 1. The van der Waals surface area contributed by atoms with Crippen LogP contribution in [0.5, 0.6) is 0 Å². The smallest absolute Gasteiger partial charge is 0.339 e.